The molecular weight excluding hydrogens is 264 g/mol. The van der Waals surface area contributed by atoms with Crippen LogP contribution in [0.15, 0.2) is 23.1 Å². The summed E-state index contributed by atoms with van der Waals surface area (Å²) in [6, 6.07) is 6.37. The molecule has 3 nitrogen and oxygen atoms in total. The number of rotatable bonds is 6. The van der Waals surface area contributed by atoms with Crippen molar-refractivity contribution in [2.75, 3.05) is 31.9 Å². The van der Waals surface area contributed by atoms with Crippen LogP contribution in [-0.4, -0.2) is 38.1 Å². The molecule has 1 aromatic carbocycles. The Kier molecular flexibility index (Phi) is 5.91. The standard InChI is InChI=1S/C13H20N2OS2/c1-9(8-16-3)15(2)10-6-5-7-11(18-4)12(10)13(14)17/h5-7,9H,8H2,1-4H3,(H2,14,17). The van der Waals surface area contributed by atoms with E-state index in [-0.39, 0.29) is 6.04 Å². The average molecular weight is 284 g/mol. The minimum atomic E-state index is 0.264. The van der Waals surface area contributed by atoms with E-state index in [4.69, 9.17) is 22.7 Å². The zero-order valence-corrected chi connectivity index (χ0v) is 12.9. The molecule has 1 atom stereocenters. The normalized spacial score (nSPS) is 12.2. The highest BCUT2D eigenvalue weighted by atomic mass is 32.2. The lowest BCUT2D eigenvalue weighted by molar-refractivity contribution is 0.183. The molecule has 0 saturated heterocycles. The SMILES string of the molecule is COCC(C)N(C)c1cccc(SC)c1C(N)=S. The summed E-state index contributed by atoms with van der Waals surface area (Å²) in [5, 5.41) is 0. The Balaban J connectivity index is 3.19. The lowest BCUT2D eigenvalue weighted by Crippen LogP contribution is -2.34. The molecule has 0 bridgehead atoms. The maximum Gasteiger partial charge on any atom is 0.107 e. The van der Waals surface area contributed by atoms with Crippen molar-refractivity contribution >= 4 is 34.7 Å². The first-order valence-corrected chi connectivity index (χ1v) is 7.34. The van der Waals surface area contributed by atoms with Crippen LogP contribution in [0.1, 0.15) is 12.5 Å². The van der Waals surface area contributed by atoms with Crippen molar-refractivity contribution in [3.05, 3.63) is 23.8 Å². The average Bonchev–Trinajstić information content (AvgIpc) is 2.36. The molecule has 0 aliphatic carbocycles. The van der Waals surface area contributed by atoms with Gasteiger partial charge in [0.15, 0.2) is 0 Å². The van der Waals surface area contributed by atoms with E-state index in [1.165, 1.54) is 0 Å². The van der Waals surface area contributed by atoms with Crippen molar-refractivity contribution in [2.24, 2.45) is 5.73 Å². The number of methoxy groups -OCH3 is 1. The second kappa shape index (κ2) is 6.97. The predicted molar refractivity (Wildman–Crippen MR) is 83.9 cm³/mol. The van der Waals surface area contributed by atoms with Crippen molar-refractivity contribution in [3.8, 4) is 0 Å². The second-order valence-corrected chi connectivity index (χ2v) is 5.42. The van der Waals surface area contributed by atoms with Gasteiger partial charge in [-0.05, 0) is 25.3 Å². The molecule has 0 aromatic heterocycles. The van der Waals surface area contributed by atoms with Crippen LogP contribution >= 0.6 is 24.0 Å². The Labute approximate surface area is 119 Å². The van der Waals surface area contributed by atoms with Gasteiger partial charge in [0.1, 0.15) is 4.99 Å². The summed E-state index contributed by atoms with van der Waals surface area (Å²) in [5.74, 6) is 0. The largest absolute Gasteiger partial charge is 0.389 e. The zero-order valence-electron chi connectivity index (χ0n) is 11.3. The monoisotopic (exact) mass is 284 g/mol. The Morgan fingerprint density at radius 2 is 2.22 bits per heavy atom. The van der Waals surface area contributed by atoms with Crippen LogP contribution in [0.25, 0.3) is 0 Å². The number of benzene rings is 1. The minimum Gasteiger partial charge on any atom is -0.389 e. The van der Waals surface area contributed by atoms with Gasteiger partial charge in [0.2, 0.25) is 0 Å². The number of hydrogen-bond acceptors (Lipinski definition) is 4. The van der Waals surface area contributed by atoms with Gasteiger partial charge in [-0.2, -0.15) is 0 Å². The van der Waals surface area contributed by atoms with Gasteiger partial charge < -0.3 is 15.4 Å². The fourth-order valence-corrected chi connectivity index (χ4v) is 2.73. The summed E-state index contributed by atoms with van der Waals surface area (Å²) in [7, 11) is 3.74. The van der Waals surface area contributed by atoms with Crippen LogP contribution in [0.4, 0.5) is 5.69 Å². The number of thioether (sulfide) groups is 1. The molecule has 0 radical (unpaired) electrons. The van der Waals surface area contributed by atoms with Crippen molar-refractivity contribution in [1.82, 2.24) is 0 Å². The van der Waals surface area contributed by atoms with E-state index in [0.717, 1.165) is 16.1 Å². The number of thiocarbonyl (C=S) groups is 1. The molecule has 0 aliphatic rings. The number of hydrogen-bond donors (Lipinski definition) is 1. The molecule has 1 rings (SSSR count). The maximum atomic E-state index is 5.86. The van der Waals surface area contributed by atoms with Gasteiger partial charge >= 0.3 is 0 Å². The fraction of sp³-hybridized carbons (Fsp3) is 0.462. The lowest BCUT2D eigenvalue weighted by atomic mass is 10.1. The third-order valence-electron chi connectivity index (χ3n) is 2.92. The summed E-state index contributed by atoms with van der Waals surface area (Å²) in [5.41, 5.74) is 7.87. The van der Waals surface area contributed by atoms with Gasteiger partial charge in [-0.15, -0.1) is 11.8 Å². The summed E-state index contributed by atoms with van der Waals surface area (Å²) < 4.78 is 5.19. The van der Waals surface area contributed by atoms with Crippen LogP contribution in [-0.2, 0) is 4.74 Å². The smallest absolute Gasteiger partial charge is 0.107 e. The second-order valence-electron chi connectivity index (χ2n) is 4.13. The van der Waals surface area contributed by atoms with Gasteiger partial charge in [-0.3, -0.25) is 0 Å². The minimum absolute atomic E-state index is 0.264. The Morgan fingerprint density at radius 3 is 2.72 bits per heavy atom. The topological polar surface area (TPSA) is 38.5 Å². The summed E-state index contributed by atoms with van der Waals surface area (Å²) >= 11 is 6.84. The van der Waals surface area contributed by atoms with Crippen molar-refractivity contribution < 1.29 is 4.74 Å². The van der Waals surface area contributed by atoms with E-state index >= 15 is 0 Å². The summed E-state index contributed by atoms with van der Waals surface area (Å²) in [4.78, 5) is 3.69. The van der Waals surface area contributed by atoms with Crippen LogP contribution in [0.5, 0.6) is 0 Å². The first-order chi connectivity index (χ1) is 8.52. The molecule has 5 heteroatoms. The van der Waals surface area contributed by atoms with Crippen LogP contribution in [0, 0.1) is 0 Å². The van der Waals surface area contributed by atoms with Crippen molar-refractivity contribution in [3.63, 3.8) is 0 Å². The van der Waals surface area contributed by atoms with E-state index < -0.39 is 0 Å². The quantitative estimate of drug-likeness (QED) is 0.642. The van der Waals surface area contributed by atoms with Gasteiger partial charge in [0, 0.05) is 36.3 Å². The van der Waals surface area contributed by atoms with E-state index in [2.05, 4.69) is 11.8 Å². The highest BCUT2D eigenvalue weighted by molar-refractivity contribution is 7.98. The highest BCUT2D eigenvalue weighted by Crippen LogP contribution is 2.30. The summed E-state index contributed by atoms with van der Waals surface area (Å²) in [6.45, 7) is 2.77. The number of anilines is 1. The van der Waals surface area contributed by atoms with Gasteiger partial charge in [0.25, 0.3) is 0 Å². The van der Waals surface area contributed by atoms with E-state index in [1.807, 2.05) is 31.5 Å². The van der Waals surface area contributed by atoms with Gasteiger partial charge in [-0.25, -0.2) is 0 Å². The fourth-order valence-electron chi connectivity index (χ4n) is 1.82. The molecule has 100 valence electrons. The summed E-state index contributed by atoms with van der Waals surface area (Å²) in [6.07, 6.45) is 2.03. The molecule has 0 saturated carbocycles. The molecule has 0 spiro atoms. The number of likely N-dealkylation sites (N-methyl/N-ethyl adjacent to an activating group) is 1. The maximum absolute atomic E-state index is 5.86. The van der Waals surface area contributed by atoms with E-state index in [1.54, 1.807) is 18.9 Å². The molecule has 18 heavy (non-hydrogen) atoms. The molecule has 0 heterocycles. The van der Waals surface area contributed by atoms with Crippen LogP contribution in [0.2, 0.25) is 0 Å². The van der Waals surface area contributed by atoms with E-state index in [9.17, 15) is 0 Å². The molecule has 1 unspecified atom stereocenters. The molecule has 2 N–H and O–H groups in total. The molecule has 0 amide bonds. The highest BCUT2D eigenvalue weighted by Gasteiger charge is 2.17. The first-order valence-electron chi connectivity index (χ1n) is 5.71. The third-order valence-corrected chi connectivity index (χ3v) is 3.90. The van der Waals surface area contributed by atoms with Crippen molar-refractivity contribution in [1.29, 1.82) is 0 Å². The number of nitrogens with two attached hydrogens (primary N) is 1. The Hall–Kier alpha value is -0.780. The Bertz CT molecular complexity index is 423. The van der Waals surface area contributed by atoms with Gasteiger partial charge in [0.05, 0.1) is 6.61 Å². The predicted octanol–water partition coefficient (Wildman–Crippen LogP) is 2.51. The Morgan fingerprint density at radius 1 is 1.56 bits per heavy atom. The molecule has 0 aliphatic heterocycles. The van der Waals surface area contributed by atoms with Crippen molar-refractivity contribution in [2.45, 2.75) is 17.9 Å². The molecule has 1 aromatic rings. The third kappa shape index (κ3) is 3.37. The molecular formula is C13H20N2OS2. The number of nitrogens with zero attached hydrogens (tertiary/aromatic N) is 1. The van der Waals surface area contributed by atoms with E-state index in [0.29, 0.717) is 11.6 Å². The number of ether oxygens (including phenoxy) is 1. The molecule has 0 fully saturated rings. The zero-order chi connectivity index (χ0) is 13.7. The lowest BCUT2D eigenvalue weighted by Gasteiger charge is -2.29. The van der Waals surface area contributed by atoms with Crippen LogP contribution < -0.4 is 10.6 Å². The first kappa shape index (κ1) is 15.3. The van der Waals surface area contributed by atoms with Crippen LogP contribution in [0.3, 0.4) is 0 Å². The van der Waals surface area contributed by atoms with Gasteiger partial charge in [-0.1, -0.05) is 18.3 Å².